The number of ether oxygens (including phenoxy) is 1. The normalized spacial score (nSPS) is 25.4. The standard InChI is InChI=1S/C13H16N2O5/c1-20-12-7(3-2-4-14-12)9-6-15-11(13(18)19)8(9)5-10(16)17/h2-4,8-9,11,15H,5-6H2,1H3,(H,16,17)(H,18,19)/t8-,9+,11-/m0/s1. The molecule has 0 unspecified atom stereocenters. The number of nitrogens with one attached hydrogen (secondary N) is 1. The van der Waals surface area contributed by atoms with Gasteiger partial charge in [-0.05, 0) is 6.07 Å². The minimum absolute atomic E-state index is 0.216. The second-order valence-electron chi connectivity index (χ2n) is 4.69. The number of aromatic nitrogens is 1. The minimum Gasteiger partial charge on any atom is -0.481 e. The van der Waals surface area contributed by atoms with Gasteiger partial charge in [0.05, 0.1) is 13.5 Å². The molecule has 108 valence electrons. The summed E-state index contributed by atoms with van der Waals surface area (Å²) in [6.45, 7) is 0.386. The van der Waals surface area contributed by atoms with Gasteiger partial charge >= 0.3 is 11.9 Å². The van der Waals surface area contributed by atoms with Gasteiger partial charge in [-0.25, -0.2) is 4.98 Å². The van der Waals surface area contributed by atoms with Crippen molar-refractivity contribution in [2.24, 2.45) is 5.92 Å². The highest BCUT2D eigenvalue weighted by Crippen LogP contribution is 2.37. The first-order valence-corrected chi connectivity index (χ1v) is 6.21. The molecule has 7 heteroatoms. The van der Waals surface area contributed by atoms with Gasteiger partial charge in [-0.15, -0.1) is 0 Å². The van der Waals surface area contributed by atoms with Crippen LogP contribution in [0.1, 0.15) is 17.9 Å². The van der Waals surface area contributed by atoms with Crippen LogP contribution in [0.5, 0.6) is 5.88 Å². The molecule has 20 heavy (non-hydrogen) atoms. The fraction of sp³-hybridized carbons (Fsp3) is 0.462. The lowest BCUT2D eigenvalue weighted by Crippen LogP contribution is -2.36. The Labute approximate surface area is 115 Å². The summed E-state index contributed by atoms with van der Waals surface area (Å²) < 4.78 is 5.17. The smallest absolute Gasteiger partial charge is 0.321 e. The van der Waals surface area contributed by atoms with Crippen LogP contribution < -0.4 is 10.1 Å². The van der Waals surface area contributed by atoms with Crippen molar-refractivity contribution < 1.29 is 24.5 Å². The largest absolute Gasteiger partial charge is 0.481 e. The number of aliphatic carboxylic acids is 2. The zero-order valence-electron chi connectivity index (χ0n) is 10.9. The molecule has 0 aliphatic carbocycles. The summed E-state index contributed by atoms with van der Waals surface area (Å²) in [7, 11) is 1.48. The van der Waals surface area contributed by atoms with Crippen LogP contribution in [0.15, 0.2) is 18.3 Å². The van der Waals surface area contributed by atoms with E-state index in [9.17, 15) is 14.7 Å². The Bertz CT molecular complexity index is 519. The molecule has 3 N–H and O–H groups in total. The number of rotatable bonds is 5. The monoisotopic (exact) mass is 280 g/mol. The van der Waals surface area contributed by atoms with E-state index < -0.39 is 23.9 Å². The maximum atomic E-state index is 11.2. The molecule has 2 rings (SSSR count). The topological polar surface area (TPSA) is 109 Å². The van der Waals surface area contributed by atoms with Crippen molar-refractivity contribution in [2.75, 3.05) is 13.7 Å². The molecule has 1 aliphatic heterocycles. The molecular weight excluding hydrogens is 264 g/mol. The van der Waals surface area contributed by atoms with Gasteiger partial charge in [0.25, 0.3) is 0 Å². The number of carboxylic acids is 2. The average Bonchev–Trinajstić information content (AvgIpc) is 2.81. The Hall–Kier alpha value is -2.15. The molecule has 0 amide bonds. The van der Waals surface area contributed by atoms with Gasteiger partial charge in [0.2, 0.25) is 5.88 Å². The number of nitrogens with zero attached hydrogens (tertiary/aromatic N) is 1. The van der Waals surface area contributed by atoms with Crippen LogP contribution in [0.3, 0.4) is 0 Å². The summed E-state index contributed by atoms with van der Waals surface area (Å²) in [5.74, 6) is -2.45. The Morgan fingerprint density at radius 3 is 2.85 bits per heavy atom. The lowest BCUT2D eigenvalue weighted by Gasteiger charge is -2.21. The number of carboxylic acid groups (broad SMARTS) is 2. The van der Waals surface area contributed by atoms with E-state index in [0.29, 0.717) is 12.4 Å². The van der Waals surface area contributed by atoms with Crippen LogP contribution in [-0.4, -0.2) is 46.8 Å². The van der Waals surface area contributed by atoms with Crippen molar-refractivity contribution in [1.82, 2.24) is 10.3 Å². The number of methoxy groups -OCH3 is 1. The summed E-state index contributed by atoms with van der Waals surface area (Å²) in [6, 6.07) is 2.64. The van der Waals surface area contributed by atoms with E-state index in [-0.39, 0.29) is 12.3 Å². The molecule has 0 aromatic carbocycles. The lowest BCUT2D eigenvalue weighted by molar-refractivity contribution is -0.142. The number of hydrogen-bond donors (Lipinski definition) is 3. The van der Waals surface area contributed by atoms with Crippen LogP contribution in [-0.2, 0) is 9.59 Å². The van der Waals surface area contributed by atoms with Gasteiger partial charge in [0, 0.05) is 30.1 Å². The highest BCUT2D eigenvalue weighted by molar-refractivity contribution is 5.77. The van der Waals surface area contributed by atoms with E-state index in [0.717, 1.165) is 5.56 Å². The van der Waals surface area contributed by atoms with E-state index in [1.54, 1.807) is 18.3 Å². The van der Waals surface area contributed by atoms with Gasteiger partial charge < -0.3 is 20.3 Å². The minimum atomic E-state index is -1.04. The highest BCUT2D eigenvalue weighted by Gasteiger charge is 2.43. The van der Waals surface area contributed by atoms with E-state index in [2.05, 4.69) is 10.3 Å². The predicted molar refractivity (Wildman–Crippen MR) is 68.7 cm³/mol. The van der Waals surface area contributed by atoms with Crippen LogP contribution >= 0.6 is 0 Å². The molecule has 3 atom stereocenters. The summed E-state index contributed by atoms with van der Waals surface area (Å²) >= 11 is 0. The quantitative estimate of drug-likeness (QED) is 0.712. The maximum absolute atomic E-state index is 11.2. The fourth-order valence-electron chi connectivity index (χ4n) is 2.72. The van der Waals surface area contributed by atoms with Crippen molar-refractivity contribution in [1.29, 1.82) is 0 Å². The Morgan fingerprint density at radius 1 is 1.50 bits per heavy atom. The van der Waals surface area contributed by atoms with E-state index >= 15 is 0 Å². The van der Waals surface area contributed by atoms with E-state index in [1.165, 1.54) is 7.11 Å². The SMILES string of the molecule is COc1ncccc1[C@H]1CN[C@H](C(=O)O)[C@H]1CC(=O)O. The van der Waals surface area contributed by atoms with Crippen LogP contribution in [0.4, 0.5) is 0 Å². The second-order valence-corrected chi connectivity index (χ2v) is 4.69. The maximum Gasteiger partial charge on any atom is 0.321 e. The number of carbonyl (C=O) groups is 2. The van der Waals surface area contributed by atoms with Crippen molar-refractivity contribution in [3.8, 4) is 5.88 Å². The van der Waals surface area contributed by atoms with Crippen molar-refractivity contribution in [3.63, 3.8) is 0 Å². The molecule has 0 bridgehead atoms. The molecular formula is C13H16N2O5. The van der Waals surface area contributed by atoms with E-state index in [4.69, 9.17) is 9.84 Å². The summed E-state index contributed by atoms with van der Waals surface area (Å²) in [4.78, 5) is 26.3. The molecule has 7 nitrogen and oxygen atoms in total. The zero-order valence-corrected chi connectivity index (χ0v) is 10.9. The van der Waals surface area contributed by atoms with Gasteiger partial charge in [-0.2, -0.15) is 0 Å². The van der Waals surface area contributed by atoms with Crippen LogP contribution in [0.2, 0.25) is 0 Å². The molecule has 1 aromatic heterocycles. The first kappa shape index (κ1) is 14.3. The molecule has 1 saturated heterocycles. The molecule has 1 aliphatic rings. The van der Waals surface area contributed by atoms with Gasteiger partial charge in [-0.3, -0.25) is 9.59 Å². The average molecular weight is 280 g/mol. The molecule has 1 aromatic rings. The van der Waals surface area contributed by atoms with Gasteiger partial charge in [-0.1, -0.05) is 6.07 Å². The third-order valence-corrected chi connectivity index (χ3v) is 3.57. The molecule has 1 fully saturated rings. The first-order chi connectivity index (χ1) is 9.54. The zero-order chi connectivity index (χ0) is 14.7. The predicted octanol–water partition coefficient (Wildman–Crippen LogP) is 0.321. The summed E-state index contributed by atoms with van der Waals surface area (Å²) in [6.07, 6.45) is 1.36. The van der Waals surface area contributed by atoms with Gasteiger partial charge in [0.15, 0.2) is 0 Å². The molecule has 0 saturated carbocycles. The number of pyridine rings is 1. The Balaban J connectivity index is 2.34. The Kier molecular flexibility index (Phi) is 4.19. The molecule has 0 radical (unpaired) electrons. The van der Waals surface area contributed by atoms with Gasteiger partial charge in [0.1, 0.15) is 6.04 Å². The highest BCUT2D eigenvalue weighted by atomic mass is 16.5. The number of hydrogen-bond acceptors (Lipinski definition) is 5. The summed E-state index contributed by atoms with van der Waals surface area (Å²) in [5, 5.41) is 21.0. The molecule has 0 spiro atoms. The van der Waals surface area contributed by atoms with Crippen molar-refractivity contribution in [2.45, 2.75) is 18.4 Å². The fourth-order valence-corrected chi connectivity index (χ4v) is 2.72. The van der Waals surface area contributed by atoms with Crippen LogP contribution in [0, 0.1) is 5.92 Å². The van der Waals surface area contributed by atoms with E-state index in [1.807, 2.05) is 0 Å². The molecule has 2 heterocycles. The third-order valence-electron chi connectivity index (χ3n) is 3.57. The third kappa shape index (κ3) is 2.72. The second kappa shape index (κ2) is 5.87. The van der Waals surface area contributed by atoms with Crippen LogP contribution in [0.25, 0.3) is 0 Å². The van der Waals surface area contributed by atoms with Crippen molar-refractivity contribution in [3.05, 3.63) is 23.9 Å². The lowest BCUT2D eigenvalue weighted by atomic mass is 9.83. The summed E-state index contributed by atoms with van der Waals surface area (Å²) in [5.41, 5.74) is 0.734. The Morgan fingerprint density at radius 2 is 2.25 bits per heavy atom. The van der Waals surface area contributed by atoms with Crippen molar-refractivity contribution >= 4 is 11.9 Å². The first-order valence-electron chi connectivity index (χ1n) is 6.21.